The van der Waals surface area contributed by atoms with Crippen LogP contribution in [0.2, 0.25) is 0 Å². The molecule has 0 radical (unpaired) electrons. The number of carbonyl (C=O) groups is 2. The molecular formula is C23H29N3O3. The van der Waals surface area contributed by atoms with Gasteiger partial charge in [-0.3, -0.25) is 9.69 Å². The van der Waals surface area contributed by atoms with Crippen LogP contribution in [0.25, 0.3) is 0 Å². The van der Waals surface area contributed by atoms with Gasteiger partial charge in [-0.25, -0.2) is 4.79 Å². The van der Waals surface area contributed by atoms with Crippen LogP contribution >= 0.6 is 0 Å². The maximum Gasteiger partial charge on any atom is 0.322 e. The first kappa shape index (κ1) is 20.7. The Morgan fingerprint density at radius 2 is 1.76 bits per heavy atom. The molecule has 1 fully saturated rings. The number of nitrogens with zero attached hydrogens (tertiary/aromatic N) is 2. The molecule has 0 aromatic heterocycles. The number of methoxy groups -OCH3 is 1. The third-order valence-corrected chi connectivity index (χ3v) is 5.16. The van der Waals surface area contributed by atoms with Crippen LogP contribution in [0.3, 0.4) is 0 Å². The molecule has 3 rings (SSSR count). The number of nitrogens with one attached hydrogen (secondary N) is 1. The van der Waals surface area contributed by atoms with E-state index < -0.39 is 0 Å². The molecule has 2 aromatic carbocycles. The Balaban J connectivity index is 1.76. The fourth-order valence-electron chi connectivity index (χ4n) is 3.58. The van der Waals surface area contributed by atoms with Crippen molar-refractivity contribution in [3.8, 4) is 5.75 Å². The summed E-state index contributed by atoms with van der Waals surface area (Å²) in [5.41, 5.74) is 2.66. The van der Waals surface area contributed by atoms with Crippen molar-refractivity contribution in [1.29, 1.82) is 0 Å². The molecule has 2 aromatic rings. The van der Waals surface area contributed by atoms with Crippen LogP contribution < -0.4 is 15.0 Å². The molecule has 0 unspecified atom stereocenters. The molecule has 1 aliphatic heterocycles. The summed E-state index contributed by atoms with van der Waals surface area (Å²) in [6, 6.07) is 15.2. The van der Waals surface area contributed by atoms with Crippen molar-refractivity contribution in [2.75, 3.05) is 31.6 Å². The predicted molar refractivity (Wildman–Crippen MR) is 114 cm³/mol. The molecule has 1 N–H and O–H groups in total. The van der Waals surface area contributed by atoms with E-state index in [0.717, 1.165) is 48.5 Å². The van der Waals surface area contributed by atoms with E-state index in [1.54, 1.807) is 12.0 Å². The molecule has 3 amide bonds. The smallest absolute Gasteiger partial charge is 0.322 e. The van der Waals surface area contributed by atoms with E-state index in [1.165, 1.54) is 0 Å². The zero-order chi connectivity index (χ0) is 20.6. The molecule has 1 aliphatic rings. The second-order valence-corrected chi connectivity index (χ2v) is 7.16. The lowest BCUT2D eigenvalue weighted by atomic mass is 10.1. The first-order valence-corrected chi connectivity index (χ1v) is 10.2. The molecule has 1 saturated heterocycles. The van der Waals surface area contributed by atoms with Crippen LogP contribution in [-0.4, -0.2) is 43.6 Å². The van der Waals surface area contributed by atoms with Gasteiger partial charge >= 0.3 is 6.03 Å². The predicted octanol–water partition coefficient (Wildman–Crippen LogP) is 3.60. The topological polar surface area (TPSA) is 61.9 Å². The van der Waals surface area contributed by atoms with Crippen LogP contribution in [0.15, 0.2) is 48.5 Å². The Morgan fingerprint density at radius 1 is 1.07 bits per heavy atom. The molecular weight excluding hydrogens is 366 g/mol. The van der Waals surface area contributed by atoms with Gasteiger partial charge in [0, 0.05) is 30.9 Å². The molecule has 6 nitrogen and oxygen atoms in total. The van der Waals surface area contributed by atoms with Crippen molar-refractivity contribution < 1.29 is 14.3 Å². The molecule has 0 saturated carbocycles. The third-order valence-electron chi connectivity index (χ3n) is 5.16. The number of urea groups is 1. The summed E-state index contributed by atoms with van der Waals surface area (Å²) in [7, 11) is 1.63. The summed E-state index contributed by atoms with van der Waals surface area (Å²) in [6.45, 7) is 4.55. The lowest BCUT2D eigenvalue weighted by Crippen LogP contribution is -2.39. The van der Waals surface area contributed by atoms with Crippen LogP contribution in [0.4, 0.5) is 10.5 Å². The average molecular weight is 396 g/mol. The number of rotatable bonds is 7. The van der Waals surface area contributed by atoms with Gasteiger partial charge in [-0.05, 0) is 43.5 Å². The van der Waals surface area contributed by atoms with Crippen LogP contribution in [0.5, 0.6) is 5.75 Å². The third kappa shape index (κ3) is 5.28. The number of ether oxygens (including phenoxy) is 1. The highest BCUT2D eigenvalue weighted by molar-refractivity contribution is 5.92. The van der Waals surface area contributed by atoms with Gasteiger partial charge in [0.1, 0.15) is 5.75 Å². The van der Waals surface area contributed by atoms with Gasteiger partial charge in [0.2, 0.25) is 5.91 Å². The van der Waals surface area contributed by atoms with E-state index in [9.17, 15) is 9.59 Å². The van der Waals surface area contributed by atoms with E-state index >= 15 is 0 Å². The largest absolute Gasteiger partial charge is 0.496 e. The molecule has 0 atom stereocenters. The lowest BCUT2D eigenvalue weighted by molar-refractivity contribution is -0.129. The number of likely N-dealkylation sites (tertiary alicyclic amines) is 1. The number of para-hydroxylation sites is 1. The van der Waals surface area contributed by atoms with Gasteiger partial charge in [-0.2, -0.15) is 0 Å². The summed E-state index contributed by atoms with van der Waals surface area (Å²) in [5, 5.41) is 2.87. The Morgan fingerprint density at radius 3 is 2.41 bits per heavy atom. The van der Waals surface area contributed by atoms with Gasteiger partial charge in [0.05, 0.1) is 20.1 Å². The number of benzene rings is 2. The van der Waals surface area contributed by atoms with Crippen molar-refractivity contribution in [2.24, 2.45) is 0 Å². The monoisotopic (exact) mass is 395 g/mol. The Labute approximate surface area is 172 Å². The normalized spacial score (nSPS) is 13.2. The van der Waals surface area contributed by atoms with Crippen molar-refractivity contribution in [3.63, 3.8) is 0 Å². The number of amides is 3. The summed E-state index contributed by atoms with van der Waals surface area (Å²) < 4.78 is 5.43. The van der Waals surface area contributed by atoms with Crippen LogP contribution in [0, 0.1) is 0 Å². The van der Waals surface area contributed by atoms with E-state index in [2.05, 4.69) is 5.32 Å². The van der Waals surface area contributed by atoms with Gasteiger partial charge in [-0.1, -0.05) is 30.3 Å². The fourth-order valence-corrected chi connectivity index (χ4v) is 3.58. The molecule has 154 valence electrons. The SMILES string of the molecule is CCNC(=O)N(Cc1ccccc1OC)c1ccc(CC(=O)N2CCCC2)cc1. The lowest BCUT2D eigenvalue weighted by Gasteiger charge is -2.24. The zero-order valence-electron chi connectivity index (χ0n) is 17.2. The first-order valence-electron chi connectivity index (χ1n) is 10.2. The second-order valence-electron chi connectivity index (χ2n) is 7.16. The molecule has 0 bridgehead atoms. The van der Waals surface area contributed by atoms with Gasteiger partial charge in [0.15, 0.2) is 0 Å². The van der Waals surface area contributed by atoms with E-state index in [1.807, 2.05) is 60.4 Å². The molecule has 29 heavy (non-hydrogen) atoms. The number of carbonyl (C=O) groups excluding carboxylic acids is 2. The number of hydrogen-bond acceptors (Lipinski definition) is 3. The fraction of sp³-hybridized carbons (Fsp3) is 0.391. The zero-order valence-corrected chi connectivity index (χ0v) is 17.2. The van der Waals surface area contributed by atoms with Crippen molar-refractivity contribution in [1.82, 2.24) is 10.2 Å². The molecule has 0 spiro atoms. The minimum Gasteiger partial charge on any atom is -0.496 e. The average Bonchev–Trinajstić information content (AvgIpc) is 3.28. The van der Waals surface area contributed by atoms with Gasteiger partial charge in [0.25, 0.3) is 0 Å². The maximum absolute atomic E-state index is 12.7. The first-order chi connectivity index (χ1) is 14.1. The molecule has 6 heteroatoms. The number of anilines is 1. The van der Waals surface area contributed by atoms with Gasteiger partial charge < -0.3 is 15.0 Å². The summed E-state index contributed by atoms with van der Waals surface area (Å²) in [4.78, 5) is 28.7. The van der Waals surface area contributed by atoms with E-state index in [-0.39, 0.29) is 11.9 Å². The molecule has 0 aliphatic carbocycles. The summed E-state index contributed by atoms with van der Waals surface area (Å²) >= 11 is 0. The quantitative estimate of drug-likeness (QED) is 0.779. The Hall–Kier alpha value is -3.02. The maximum atomic E-state index is 12.7. The second kappa shape index (κ2) is 9.96. The highest BCUT2D eigenvalue weighted by Crippen LogP contribution is 2.24. The van der Waals surface area contributed by atoms with Gasteiger partial charge in [-0.15, -0.1) is 0 Å². The molecule has 1 heterocycles. The highest BCUT2D eigenvalue weighted by Gasteiger charge is 2.20. The summed E-state index contributed by atoms with van der Waals surface area (Å²) in [5.74, 6) is 0.916. The summed E-state index contributed by atoms with van der Waals surface area (Å²) in [6.07, 6.45) is 2.58. The minimum atomic E-state index is -0.167. The van der Waals surface area contributed by atoms with Crippen LogP contribution in [-0.2, 0) is 17.8 Å². The van der Waals surface area contributed by atoms with Crippen molar-refractivity contribution in [3.05, 3.63) is 59.7 Å². The standard InChI is InChI=1S/C23H29N3O3/c1-3-24-23(28)26(17-19-8-4-5-9-21(19)29-2)20-12-10-18(11-13-20)16-22(27)25-14-6-7-15-25/h4-5,8-13H,3,6-7,14-17H2,1-2H3,(H,24,28). The Kier molecular flexibility index (Phi) is 7.11. The highest BCUT2D eigenvalue weighted by atomic mass is 16.5. The number of hydrogen-bond donors (Lipinski definition) is 1. The minimum absolute atomic E-state index is 0.167. The van der Waals surface area contributed by atoms with E-state index in [0.29, 0.717) is 19.5 Å². The Bertz CT molecular complexity index is 830. The van der Waals surface area contributed by atoms with Crippen molar-refractivity contribution in [2.45, 2.75) is 32.7 Å². The van der Waals surface area contributed by atoms with Crippen LogP contribution in [0.1, 0.15) is 30.9 Å². The van der Waals surface area contributed by atoms with E-state index in [4.69, 9.17) is 4.74 Å². The van der Waals surface area contributed by atoms with Crippen molar-refractivity contribution >= 4 is 17.6 Å².